The van der Waals surface area contributed by atoms with Gasteiger partial charge in [0.05, 0.1) is 39.6 Å². The van der Waals surface area contributed by atoms with Gasteiger partial charge in [-0.2, -0.15) is 0 Å². The molecule has 0 atom stereocenters. The lowest BCUT2D eigenvalue weighted by Crippen LogP contribution is -2.42. The third kappa shape index (κ3) is 10.7. The van der Waals surface area contributed by atoms with Gasteiger partial charge >= 0.3 is 0 Å². The highest BCUT2D eigenvalue weighted by Gasteiger charge is 2.15. The number of hydrogen-bond acceptors (Lipinski definition) is 6. The summed E-state index contributed by atoms with van der Waals surface area (Å²) < 4.78 is 20.0. The number of methoxy groups -OCH3 is 2. The molecular weight excluding hydrogens is 268 g/mol. The molecule has 0 saturated carbocycles. The van der Waals surface area contributed by atoms with Crippen LogP contribution in [-0.2, 0) is 28.5 Å². The van der Waals surface area contributed by atoms with E-state index in [0.29, 0.717) is 33.0 Å². The van der Waals surface area contributed by atoms with Crippen LogP contribution >= 0.6 is 0 Å². The van der Waals surface area contributed by atoms with Crippen molar-refractivity contribution in [2.45, 2.75) is 0 Å². The van der Waals surface area contributed by atoms with Gasteiger partial charge in [0.2, 0.25) is 11.8 Å². The van der Waals surface area contributed by atoms with Crippen LogP contribution in [0.4, 0.5) is 0 Å². The van der Waals surface area contributed by atoms with Crippen molar-refractivity contribution in [2.75, 3.05) is 67.0 Å². The number of ether oxygens (including phenoxy) is 4. The third-order valence-electron chi connectivity index (χ3n) is 2.29. The number of carbonyl (C=O) groups is 2. The Balaban J connectivity index is 3.98. The average Bonchev–Trinajstić information content (AvgIpc) is 2.41. The summed E-state index contributed by atoms with van der Waals surface area (Å²) in [6.07, 6.45) is 0. The van der Waals surface area contributed by atoms with Gasteiger partial charge in [0.25, 0.3) is 0 Å². The highest BCUT2D eigenvalue weighted by atomic mass is 16.5. The van der Waals surface area contributed by atoms with Crippen molar-refractivity contribution in [1.82, 2.24) is 4.90 Å². The van der Waals surface area contributed by atoms with Crippen molar-refractivity contribution in [3.05, 3.63) is 0 Å². The van der Waals surface area contributed by atoms with E-state index in [0.717, 1.165) is 0 Å². The number of rotatable bonds is 13. The van der Waals surface area contributed by atoms with Gasteiger partial charge in [-0.3, -0.25) is 9.59 Å². The Labute approximate surface area is 119 Å². The summed E-state index contributed by atoms with van der Waals surface area (Å²) in [5.41, 5.74) is 5.10. The number of nitrogens with two attached hydrogens (primary N) is 1. The summed E-state index contributed by atoms with van der Waals surface area (Å²) in [7, 11) is 3.12. The van der Waals surface area contributed by atoms with Gasteiger partial charge in [0.1, 0.15) is 6.61 Å². The maximum Gasteiger partial charge on any atom is 0.249 e. The smallest absolute Gasteiger partial charge is 0.249 e. The van der Waals surface area contributed by atoms with E-state index in [1.54, 1.807) is 14.2 Å². The van der Waals surface area contributed by atoms with E-state index in [4.69, 9.17) is 24.7 Å². The van der Waals surface area contributed by atoms with Gasteiger partial charge in [0, 0.05) is 20.8 Å². The first kappa shape index (κ1) is 18.8. The van der Waals surface area contributed by atoms with Crippen molar-refractivity contribution in [2.24, 2.45) is 5.73 Å². The lowest BCUT2D eigenvalue weighted by Gasteiger charge is -2.21. The van der Waals surface area contributed by atoms with E-state index in [-0.39, 0.29) is 25.6 Å². The molecule has 0 fully saturated rings. The molecule has 0 spiro atoms. The molecule has 0 unspecified atom stereocenters. The molecule has 0 heterocycles. The fraction of sp³-hybridized carbons (Fsp3) is 0.833. The molecule has 8 heteroatoms. The topological polar surface area (TPSA) is 100 Å². The Morgan fingerprint density at radius 1 is 0.950 bits per heavy atom. The van der Waals surface area contributed by atoms with Crippen LogP contribution in [0.2, 0.25) is 0 Å². The number of hydrogen-bond donors (Lipinski definition) is 1. The van der Waals surface area contributed by atoms with Gasteiger partial charge in [-0.15, -0.1) is 0 Å². The summed E-state index contributed by atoms with van der Waals surface area (Å²) in [6, 6.07) is 0. The zero-order valence-electron chi connectivity index (χ0n) is 12.1. The molecular formula is C12H24N2O6. The molecule has 0 saturated heterocycles. The summed E-state index contributed by atoms with van der Waals surface area (Å²) in [4.78, 5) is 24.1. The predicted octanol–water partition coefficient (Wildman–Crippen LogP) is -1.37. The van der Waals surface area contributed by atoms with E-state index >= 15 is 0 Å². The van der Waals surface area contributed by atoms with Gasteiger partial charge in [-0.05, 0) is 0 Å². The van der Waals surface area contributed by atoms with Crippen LogP contribution in [0.5, 0.6) is 0 Å². The van der Waals surface area contributed by atoms with Crippen LogP contribution in [0, 0.1) is 0 Å². The quantitative estimate of drug-likeness (QED) is 0.420. The first-order valence-electron chi connectivity index (χ1n) is 6.31. The molecule has 0 aromatic rings. The number of amides is 2. The first-order valence-corrected chi connectivity index (χ1v) is 6.31. The Hall–Kier alpha value is -1.22. The molecule has 20 heavy (non-hydrogen) atoms. The maximum atomic E-state index is 11.8. The molecule has 0 aliphatic carbocycles. The van der Waals surface area contributed by atoms with Crippen molar-refractivity contribution in [3.63, 3.8) is 0 Å². The number of nitrogens with zero attached hydrogens (tertiary/aromatic N) is 1. The normalized spacial score (nSPS) is 10.5. The summed E-state index contributed by atoms with van der Waals surface area (Å²) in [5, 5.41) is 0. The van der Waals surface area contributed by atoms with Crippen LogP contribution in [0.3, 0.4) is 0 Å². The predicted molar refractivity (Wildman–Crippen MR) is 71.2 cm³/mol. The molecule has 0 aromatic carbocycles. The van der Waals surface area contributed by atoms with E-state index in [2.05, 4.69) is 0 Å². The fourth-order valence-electron chi connectivity index (χ4n) is 1.29. The van der Waals surface area contributed by atoms with E-state index in [9.17, 15) is 9.59 Å². The van der Waals surface area contributed by atoms with Crippen LogP contribution in [-0.4, -0.2) is 83.7 Å². The lowest BCUT2D eigenvalue weighted by molar-refractivity contribution is -0.140. The second-order valence-electron chi connectivity index (χ2n) is 3.93. The SMILES string of the molecule is COCCOCCN(CC(N)=O)C(=O)COCCOC. The zero-order valence-corrected chi connectivity index (χ0v) is 12.1. The molecule has 0 aliphatic rings. The zero-order chi connectivity index (χ0) is 15.2. The fourth-order valence-corrected chi connectivity index (χ4v) is 1.29. The standard InChI is InChI=1S/C12H24N2O6/c1-17-5-7-19-4-3-14(9-11(13)15)12(16)10-20-8-6-18-2/h3-10H2,1-2H3,(H2,13,15). The van der Waals surface area contributed by atoms with Crippen LogP contribution in [0.25, 0.3) is 0 Å². The average molecular weight is 292 g/mol. The second-order valence-corrected chi connectivity index (χ2v) is 3.93. The molecule has 118 valence electrons. The van der Waals surface area contributed by atoms with Crippen molar-refractivity contribution in [3.8, 4) is 0 Å². The summed E-state index contributed by atoms with van der Waals surface area (Å²) in [5.74, 6) is -0.887. The monoisotopic (exact) mass is 292 g/mol. The Morgan fingerprint density at radius 3 is 2.10 bits per heavy atom. The molecule has 0 rings (SSSR count). The molecule has 8 nitrogen and oxygen atoms in total. The van der Waals surface area contributed by atoms with Gasteiger partial charge in [0.15, 0.2) is 0 Å². The van der Waals surface area contributed by atoms with Gasteiger partial charge in [-0.1, -0.05) is 0 Å². The highest BCUT2D eigenvalue weighted by Crippen LogP contribution is 1.92. The van der Waals surface area contributed by atoms with Gasteiger partial charge < -0.3 is 29.6 Å². The Bertz CT molecular complexity index is 275. The van der Waals surface area contributed by atoms with E-state index in [1.165, 1.54) is 4.90 Å². The maximum absolute atomic E-state index is 11.8. The van der Waals surface area contributed by atoms with Gasteiger partial charge in [-0.25, -0.2) is 0 Å². The second kappa shape index (κ2) is 12.8. The Kier molecular flexibility index (Phi) is 12.0. The number of carbonyl (C=O) groups excluding carboxylic acids is 2. The third-order valence-corrected chi connectivity index (χ3v) is 2.29. The molecule has 0 aliphatic heterocycles. The van der Waals surface area contributed by atoms with Crippen LogP contribution < -0.4 is 5.73 Å². The number of primary amides is 1. The van der Waals surface area contributed by atoms with Crippen LogP contribution in [0.15, 0.2) is 0 Å². The largest absolute Gasteiger partial charge is 0.382 e. The van der Waals surface area contributed by atoms with E-state index in [1.807, 2.05) is 0 Å². The molecule has 0 radical (unpaired) electrons. The minimum absolute atomic E-state index is 0.116. The summed E-state index contributed by atoms with van der Waals surface area (Å²) in [6.45, 7) is 1.94. The molecule has 2 N–H and O–H groups in total. The van der Waals surface area contributed by atoms with E-state index < -0.39 is 5.91 Å². The molecule has 2 amide bonds. The summed E-state index contributed by atoms with van der Waals surface area (Å²) >= 11 is 0. The minimum atomic E-state index is -0.577. The van der Waals surface area contributed by atoms with Crippen molar-refractivity contribution in [1.29, 1.82) is 0 Å². The molecule has 0 aromatic heterocycles. The van der Waals surface area contributed by atoms with Crippen LogP contribution in [0.1, 0.15) is 0 Å². The van der Waals surface area contributed by atoms with Crippen molar-refractivity contribution >= 4 is 11.8 Å². The Morgan fingerprint density at radius 2 is 1.55 bits per heavy atom. The minimum Gasteiger partial charge on any atom is -0.382 e. The first-order chi connectivity index (χ1) is 9.61. The molecule has 0 bridgehead atoms. The highest BCUT2D eigenvalue weighted by molar-refractivity contribution is 5.84. The lowest BCUT2D eigenvalue weighted by atomic mass is 10.4. The van der Waals surface area contributed by atoms with Crippen molar-refractivity contribution < 1.29 is 28.5 Å².